The first kappa shape index (κ1) is 16.4. The van der Waals surface area contributed by atoms with E-state index in [4.69, 9.17) is 0 Å². The molecule has 2 aliphatic rings. The highest BCUT2D eigenvalue weighted by Crippen LogP contribution is 2.30. The minimum atomic E-state index is 0.353. The van der Waals surface area contributed by atoms with Crippen LogP contribution in [0.15, 0.2) is 24.4 Å². The summed E-state index contributed by atoms with van der Waals surface area (Å²) in [5, 5.41) is 0. The number of aryl methyl sites for hydroxylation is 1. The number of likely N-dealkylation sites (N-methyl/N-ethyl adjacent to an activating group) is 1. The van der Waals surface area contributed by atoms with E-state index in [0.29, 0.717) is 24.4 Å². The molecule has 4 heteroatoms. The summed E-state index contributed by atoms with van der Waals surface area (Å²) in [6, 6.07) is 7.05. The molecule has 2 unspecified atom stereocenters. The van der Waals surface area contributed by atoms with E-state index in [1.54, 1.807) is 0 Å². The minimum absolute atomic E-state index is 0.353. The van der Waals surface area contributed by atoms with Gasteiger partial charge >= 0.3 is 0 Å². The third-order valence-corrected chi connectivity index (χ3v) is 5.43. The number of hydrogen-bond acceptors (Lipinski definition) is 3. The van der Waals surface area contributed by atoms with Gasteiger partial charge in [0.25, 0.3) is 0 Å². The Morgan fingerprint density at radius 3 is 2.83 bits per heavy atom. The Bertz CT molecular complexity index is 505. The van der Waals surface area contributed by atoms with Crippen LogP contribution in [0.1, 0.15) is 51.1 Å². The highest BCUT2D eigenvalue weighted by atomic mass is 16.2. The van der Waals surface area contributed by atoms with Gasteiger partial charge < -0.3 is 4.90 Å². The molecule has 0 saturated carbocycles. The van der Waals surface area contributed by atoms with E-state index in [2.05, 4.69) is 21.7 Å². The van der Waals surface area contributed by atoms with Crippen LogP contribution in [-0.2, 0) is 11.2 Å². The van der Waals surface area contributed by atoms with E-state index in [1.165, 1.54) is 32.2 Å². The summed E-state index contributed by atoms with van der Waals surface area (Å²) in [6.07, 6.45) is 9.20. The predicted octanol–water partition coefficient (Wildman–Crippen LogP) is 2.88. The van der Waals surface area contributed by atoms with Gasteiger partial charge in [0.15, 0.2) is 0 Å². The van der Waals surface area contributed by atoms with E-state index < -0.39 is 0 Å². The molecular weight excluding hydrogens is 286 g/mol. The normalized spacial score (nSPS) is 25.2. The molecule has 1 aromatic rings. The maximum absolute atomic E-state index is 12.7. The van der Waals surface area contributed by atoms with Crippen LogP contribution in [-0.4, -0.2) is 52.4 Å². The lowest BCUT2D eigenvalue weighted by atomic mass is 10.0. The molecule has 1 aromatic heterocycles. The van der Waals surface area contributed by atoms with Crippen molar-refractivity contribution >= 4 is 5.91 Å². The van der Waals surface area contributed by atoms with E-state index >= 15 is 0 Å². The van der Waals surface area contributed by atoms with Crippen molar-refractivity contribution in [2.75, 3.05) is 19.6 Å². The second-order valence-electron chi connectivity index (χ2n) is 6.81. The zero-order valence-electron chi connectivity index (χ0n) is 14.3. The first-order valence-corrected chi connectivity index (χ1v) is 9.23. The van der Waals surface area contributed by atoms with E-state index in [9.17, 15) is 4.79 Å². The zero-order chi connectivity index (χ0) is 16.1. The molecule has 23 heavy (non-hydrogen) atoms. The van der Waals surface area contributed by atoms with Crippen LogP contribution >= 0.6 is 0 Å². The monoisotopic (exact) mass is 315 g/mol. The Labute approximate surface area is 139 Å². The molecule has 1 amide bonds. The van der Waals surface area contributed by atoms with E-state index in [0.717, 1.165) is 31.6 Å². The quantitative estimate of drug-likeness (QED) is 0.810. The standard InChI is InChI=1S/C19H29N3O/c1-2-21-14-6-10-17(21)18-11-7-15-22(18)19(23)12-5-9-16-8-3-4-13-20-16/h3-4,8,13,17-18H,2,5-7,9-12,14-15H2,1H3. The molecule has 0 aromatic carbocycles. The highest BCUT2D eigenvalue weighted by molar-refractivity contribution is 5.77. The molecule has 0 bridgehead atoms. The summed E-state index contributed by atoms with van der Waals surface area (Å²) in [5.41, 5.74) is 1.09. The van der Waals surface area contributed by atoms with Gasteiger partial charge in [-0.1, -0.05) is 13.0 Å². The van der Waals surface area contributed by atoms with E-state index in [1.807, 2.05) is 24.4 Å². The van der Waals surface area contributed by atoms with Crippen LogP contribution in [0.5, 0.6) is 0 Å². The molecule has 4 nitrogen and oxygen atoms in total. The summed E-state index contributed by atoms with van der Waals surface area (Å²) in [7, 11) is 0. The second-order valence-corrected chi connectivity index (χ2v) is 6.81. The summed E-state index contributed by atoms with van der Waals surface area (Å²) in [6.45, 7) is 5.52. The average Bonchev–Trinajstić information content (AvgIpc) is 3.24. The third-order valence-electron chi connectivity index (χ3n) is 5.43. The summed E-state index contributed by atoms with van der Waals surface area (Å²) in [5.74, 6) is 0.353. The lowest BCUT2D eigenvalue weighted by Crippen LogP contribution is -2.48. The third kappa shape index (κ3) is 3.92. The van der Waals surface area contributed by atoms with Crippen LogP contribution in [0.2, 0.25) is 0 Å². The summed E-state index contributed by atoms with van der Waals surface area (Å²) in [4.78, 5) is 21.8. The van der Waals surface area contributed by atoms with Gasteiger partial charge in [-0.25, -0.2) is 0 Å². The van der Waals surface area contributed by atoms with E-state index in [-0.39, 0.29) is 0 Å². The number of aromatic nitrogens is 1. The van der Waals surface area contributed by atoms with Crippen LogP contribution < -0.4 is 0 Å². The van der Waals surface area contributed by atoms with Gasteiger partial charge in [-0.05, 0) is 63.7 Å². The molecule has 2 saturated heterocycles. The summed E-state index contributed by atoms with van der Waals surface area (Å²) >= 11 is 0. The van der Waals surface area contributed by atoms with Crippen molar-refractivity contribution in [1.82, 2.24) is 14.8 Å². The Morgan fingerprint density at radius 1 is 1.22 bits per heavy atom. The zero-order valence-corrected chi connectivity index (χ0v) is 14.3. The molecule has 2 fully saturated rings. The molecule has 0 N–H and O–H groups in total. The van der Waals surface area contributed by atoms with Gasteiger partial charge in [0.1, 0.15) is 0 Å². The Balaban J connectivity index is 1.52. The SMILES string of the molecule is CCN1CCCC1C1CCCN1C(=O)CCCc1ccccn1. The number of carbonyl (C=O) groups is 1. The van der Waals surface area contributed by atoms with Crippen LogP contribution in [0.25, 0.3) is 0 Å². The maximum Gasteiger partial charge on any atom is 0.222 e. The molecule has 3 rings (SSSR count). The van der Waals surface area contributed by atoms with Crippen LogP contribution in [0.3, 0.4) is 0 Å². The molecule has 2 atom stereocenters. The first-order valence-electron chi connectivity index (χ1n) is 9.23. The van der Waals surface area contributed by atoms with Gasteiger partial charge in [-0.15, -0.1) is 0 Å². The van der Waals surface area contributed by atoms with Crippen LogP contribution in [0.4, 0.5) is 0 Å². The van der Waals surface area contributed by atoms with Gasteiger partial charge in [0.05, 0.1) is 0 Å². The smallest absolute Gasteiger partial charge is 0.222 e. The van der Waals surface area contributed by atoms with Crippen molar-refractivity contribution in [2.45, 2.75) is 64.0 Å². The van der Waals surface area contributed by atoms with Crippen molar-refractivity contribution in [1.29, 1.82) is 0 Å². The van der Waals surface area contributed by atoms with Gasteiger partial charge in [0, 0.05) is 36.9 Å². The number of hydrogen-bond donors (Lipinski definition) is 0. The van der Waals surface area contributed by atoms with Crippen molar-refractivity contribution in [3.8, 4) is 0 Å². The Kier molecular flexibility index (Phi) is 5.65. The second kappa shape index (κ2) is 7.91. The molecule has 2 aliphatic heterocycles. The van der Waals surface area contributed by atoms with Gasteiger partial charge in [-0.2, -0.15) is 0 Å². The van der Waals surface area contributed by atoms with Crippen molar-refractivity contribution in [3.63, 3.8) is 0 Å². The lowest BCUT2D eigenvalue weighted by molar-refractivity contribution is -0.133. The molecular formula is C19H29N3O. The molecule has 0 aliphatic carbocycles. The van der Waals surface area contributed by atoms with Gasteiger partial charge in [0.2, 0.25) is 5.91 Å². The van der Waals surface area contributed by atoms with Crippen molar-refractivity contribution in [2.24, 2.45) is 0 Å². The molecule has 0 radical (unpaired) electrons. The fourth-order valence-electron chi connectivity index (χ4n) is 4.29. The minimum Gasteiger partial charge on any atom is -0.338 e. The first-order chi connectivity index (χ1) is 11.3. The number of pyridine rings is 1. The number of amides is 1. The average molecular weight is 315 g/mol. The molecule has 126 valence electrons. The Morgan fingerprint density at radius 2 is 2.04 bits per heavy atom. The number of carbonyl (C=O) groups excluding carboxylic acids is 1. The fraction of sp³-hybridized carbons (Fsp3) is 0.684. The number of nitrogens with zero attached hydrogens (tertiary/aromatic N) is 3. The molecule has 3 heterocycles. The Hall–Kier alpha value is -1.42. The largest absolute Gasteiger partial charge is 0.338 e. The van der Waals surface area contributed by atoms with Gasteiger partial charge in [-0.3, -0.25) is 14.7 Å². The highest BCUT2D eigenvalue weighted by Gasteiger charge is 2.38. The van der Waals surface area contributed by atoms with Crippen molar-refractivity contribution < 1.29 is 4.79 Å². The number of rotatable bonds is 6. The van der Waals surface area contributed by atoms with Crippen molar-refractivity contribution in [3.05, 3.63) is 30.1 Å². The predicted molar refractivity (Wildman–Crippen MR) is 92.2 cm³/mol. The maximum atomic E-state index is 12.7. The summed E-state index contributed by atoms with van der Waals surface area (Å²) < 4.78 is 0. The molecule has 0 spiro atoms. The fourth-order valence-corrected chi connectivity index (χ4v) is 4.29. The lowest BCUT2D eigenvalue weighted by Gasteiger charge is -2.34. The number of likely N-dealkylation sites (tertiary alicyclic amines) is 2. The van der Waals surface area contributed by atoms with Crippen LogP contribution in [0, 0.1) is 0 Å². The topological polar surface area (TPSA) is 36.4 Å².